The van der Waals surface area contributed by atoms with E-state index in [1.165, 1.54) is 18.7 Å². The van der Waals surface area contributed by atoms with Gasteiger partial charge in [0.15, 0.2) is 0 Å². The number of hydrogen-bond donors (Lipinski definition) is 1. The second-order valence-corrected chi connectivity index (χ2v) is 5.10. The lowest BCUT2D eigenvalue weighted by Crippen LogP contribution is -2.46. The Balaban J connectivity index is 1.93. The molecule has 1 saturated heterocycles. The zero-order chi connectivity index (χ0) is 13.0. The third-order valence-corrected chi connectivity index (χ3v) is 3.65. The molecule has 0 saturated carbocycles. The Kier molecular flexibility index (Phi) is 4.61. The summed E-state index contributed by atoms with van der Waals surface area (Å²) < 4.78 is 0. The molecule has 1 fully saturated rings. The predicted molar refractivity (Wildman–Crippen MR) is 76.0 cm³/mol. The van der Waals surface area contributed by atoms with Crippen LogP contribution in [0.25, 0.3) is 0 Å². The summed E-state index contributed by atoms with van der Waals surface area (Å²) in [6, 6.07) is 8.30. The van der Waals surface area contributed by atoms with Crippen molar-refractivity contribution < 1.29 is 5.11 Å². The number of piperazine rings is 1. The molecule has 1 aromatic rings. The average molecular weight is 248 g/mol. The van der Waals surface area contributed by atoms with E-state index >= 15 is 0 Å². The summed E-state index contributed by atoms with van der Waals surface area (Å²) in [6.45, 7) is 9.79. The molecule has 0 spiro atoms. The van der Waals surface area contributed by atoms with Gasteiger partial charge in [-0.2, -0.15) is 0 Å². The number of rotatable bonds is 4. The first kappa shape index (κ1) is 13.4. The predicted octanol–water partition coefficient (Wildman–Crippen LogP) is 2.27. The van der Waals surface area contributed by atoms with Gasteiger partial charge in [-0.3, -0.25) is 4.90 Å². The summed E-state index contributed by atoms with van der Waals surface area (Å²) >= 11 is 0. The van der Waals surface area contributed by atoms with Gasteiger partial charge in [-0.05, 0) is 37.6 Å². The Labute approximate surface area is 110 Å². The molecule has 1 aliphatic rings. The van der Waals surface area contributed by atoms with Crippen molar-refractivity contribution in [1.29, 1.82) is 0 Å². The van der Waals surface area contributed by atoms with E-state index in [4.69, 9.17) is 0 Å². The molecule has 1 heterocycles. The van der Waals surface area contributed by atoms with Crippen molar-refractivity contribution in [1.82, 2.24) is 4.90 Å². The van der Waals surface area contributed by atoms with E-state index < -0.39 is 0 Å². The van der Waals surface area contributed by atoms with Crippen LogP contribution >= 0.6 is 0 Å². The van der Waals surface area contributed by atoms with E-state index in [1.54, 1.807) is 6.92 Å². The van der Waals surface area contributed by atoms with Gasteiger partial charge >= 0.3 is 0 Å². The van der Waals surface area contributed by atoms with Crippen molar-refractivity contribution in [2.24, 2.45) is 0 Å². The summed E-state index contributed by atoms with van der Waals surface area (Å²) in [7, 11) is 0. The standard InChI is InChI=1S/C15H24N2O/c1-3-8-16-9-11-17(12-10-16)15-6-4-14(5-7-15)13(2)18/h4-7,13,18H,3,8-12H2,1-2H3/t13-/m1/s1. The fourth-order valence-electron chi connectivity index (χ4n) is 2.51. The normalized spacial score (nSPS) is 18.9. The highest BCUT2D eigenvalue weighted by molar-refractivity contribution is 5.48. The molecule has 0 bridgehead atoms. The fraction of sp³-hybridized carbons (Fsp3) is 0.600. The SMILES string of the molecule is CCCN1CCN(c2ccc([C@@H](C)O)cc2)CC1. The van der Waals surface area contributed by atoms with E-state index in [0.29, 0.717) is 0 Å². The molecule has 18 heavy (non-hydrogen) atoms. The smallest absolute Gasteiger partial charge is 0.0761 e. The molecule has 3 heteroatoms. The molecular weight excluding hydrogens is 224 g/mol. The van der Waals surface area contributed by atoms with Gasteiger partial charge in [0, 0.05) is 31.9 Å². The summed E-state index contributed by atoms with van der Waals surface area (Å²) in [6.07, 6.45) is 0.865. The first-order valence-corrected chi connectivity index (χ1v) is 6.96. The molecule has 100 valence electrons. The van der Waals surface area contributed by atoms with Crippen molar-refractivity contribution in [3.05, 3.63) is 29.8 Å². The van der Waals surface area contributed by atoms with Gasteiger partial charge in [0.1, 0.15) is 0 Å². The maximum absolute atomic E-state index is 9.50. The van der Waals surface area contributed by atoms with Crippen LogP contribution in [0.2, 0.25) is 0 Å². The van der Waals surface area contributed by atoms with Crippen LogP contribution in [0.15, 0.2) is 24.3 Å². The van der Waals surface area contributed by atoms with E-state index in [9.17, 15) is 5.11 Å². The first-order chi connectivity index (χ1) is 8.70. The van der Waals surface area contributed by atoms with Crippen LogP contribution in [0.1, 0.15) is 31.9 Å². The molecule has 0 amide bonds. The third kappa shape index (κ3) is 3.24. The number of hydrogen-bond acceptors (Lipinski definition) is 3. The zero-order valence-electron chi connectivity index (χ0n) is 11.5. The summed E-state index contributed by atoms with van der Waals surface area (Å²) in [4.78, 5) is 4.96. The molecule has 0 aromatic heterocycles. The Hall–Kier alpha value is -1.06. The van der Waals surface area contributed by atoms with Crippen LogP contribution in [0.5, 0.6) is 0 Å². The molecule has 1 aliphatic heterocycles. The summed E-state index contributed by atoms with van der Waals surface area (Å²) in [5.74, 6) is 0. The van der Waals surface area contributed by atoms with Crippen molar-refractivity contribution in [3.63, 3.8) is 0 Å². The number of aliphatic hydroxyl groups is 1. The highest BCUT2D eigenvalue weighted by atomic mass is 16.3. The monoisotopic (exact) mass is 248 g/mol. The second-order valence-electron chi connectivity index (χ2n) is 5.10. The van der Waals surface area contributed by atoms with Gasteiger partial charge in [0.25, 0.3) is 0 Å². The number of aliphatic hydroxyl groups excluding tert-OH is 1. The van der Waals surface area contributed by atoms with Crippen LogP contribution in [0, 0.1) is 0 Å². The summed E-state index contributed by atoms with van der Waals surface area (Å²) in [5, 5.41) is 9.50. The van der Waals surface area contributed by atoms with Crippen LogP contribution < -0.4 is 4.90 Å². The fourth-order valence-corrected chi connectivity index (χ4v) is 2.51. The Bertz CT molecular complexity index is 353. The molecule has 2 rings (SSSR count). The highest BCUT2D eigenvalue weighted by Gasteiger charge is 2.16. The molecule has 0 unspecified atom stereocenters. The lowest BCUT2D eigenvalue weighted by Gasteiger charge is -2.36. The van der Waals surface area contributed by atoms with Gasteiger partial charge in [-0.1, -0.05) is 19.1 Å². The van der Waals surface area contributed by atoms with E-state index in [1.807, 2.05) is 12.1 Å². The van der Waals surface area contributed by atoms with Crippen LogP contribution in [-0.2, 0) is 0 Å². The Morgan fingerprint density at radius 1 is 1.11 bits per heavy atom. The number of anilines is 1. The number of nitrogens with zero attached hydrogens (tertiary/aromatic N) is 2. The maximum Gasteiger partial charge on any atom is 0.0761 e. The third-order valence-electron chi connectivity index (χ3n) is 3.65. The van der Waals surface area contributed by atoms with Crippen LogP contribution in [0.4, 0.5) is 5.69 Å². The average Bonchev–Trinajstić information content (AvgIpc) is 2.40. The quantitative estimate of drug-likeness (QED) is 0.885. The molecule has 0 radical (unpaired) electrons. The van der Waals surface area contributed by atoms with Crippen molar-refractivity contribution in [3.8, 4) is 0 Å². The van der Waals surface area contributed by atoms with Gasteiger partial charge in [0.2, 0.25) is 0 Å². The van der Waals surface area contributed by atoms with Gasteiger partial charge in [0.05, 0.1) is 6.10 Å². The second kappa shape index (κ2) is 6.21. The van der Waals surface area contributed by atoms with E-state index in [2.05, 4.69) is 28.9 Å². The molecule has 1 atom stereocenters. The van der Waals surface area contributed by atoms with Crippen LogP contribution in [-0.4, -0.2) is 42.7 Å². The zero-order valence-corrected chi connectivity index (χ0v) is 11.5. The molecular formula is C15H24N2O. The van der Waals surface area contributed by atoms with Gasteiger partial charge in [-0.25, -0.2) is 0 Å². The maximum atomic E-state index is 9.50. The Morgan fingerprint density at radius 3 is 2.22 bits per heavy atom. The van der Waals surface area contributed by atoms with E-state index in [0.717, 1.165) is 31.7 Å². The van der Waals surface area contributed by atoms with Crippen LogP contribution in [0.3, 0.4) is 0 Å². The number of benzene rings is 1. The van der Waals surface area contributed by atoms with E-state index in [-0.39, 0.29) is 6.10 Å². The minimum atomic E-state index is -0.375. The molecule has 0 aliphatic carbocycles. The van der Waals surface area contributed by atoms with Crippen molar-refractivity contribution >= 4 is 5.69 Å². The largest absolute Gasteiger partial charge is 0.389 e. The summed E-state index contributed by atoms with van der Waals surface area (Å²) in [5.41, 5.74) is 2.26. The molecule has 1 N–H and O–H groups in total. The molecule has 3 nitrogen and oxygen atoms in total. The molecule has 1 aromatic carbocycles. The first-order valence-electron chi connectivity index (χ1n) is 6.96. The lowest BCUT2D eigenvalue weighted by atomic mass is 10.1. The van der Waals surface area contributed by atoms with Crippen molar-refractivity contribution in [2.45, 2.75) is 26.4 Å². The Morgan fingerprint density at radius 2 is 1.72 bits per heavy atom. The lowest BCUT2D eigenvalue weighted by molar-refractivity contribution is 0.199. The minimum Gasteiger partial charge on any atom is -0.389 e. The highest BCUT2D eigenvalue weighted by Crippen LogP contribution is 2.20. The van der Waals surface area contributed by atoms with Gasteiger partial charge < -0.3 is 10.0 Å². The van der Waals surface area contributed by atoms with Crippen molar-refractivity contribution in [2.75, 3.05) is 37.6 Å². The topological polar surface area (TPSA) is 26.7 Å². The van der Waals surface area contributed by atoms with Gasteiger partial charge in [-0.15, -0.1) is 0 Å². The minimum absolute atomic E-state index is 0.375.